The first-order valence-corrected chi connectivity index (χ1v) is 5.46. The zero-order chi connectivity index (χ0) is 11.3. The molecule has 1 rings (SSSR count). The fourth-order valence-electron chi connectivity index (χ4n) is 1.28. The van der Waals surface area contributed by atoms with E-state index in [4.69, 9.17) is 10.5 Å². The van der Waals surface area contributed by atoms with E-state index in [1.165, 1.54) is 0 Å². The van der Waals surface area contributed by atoms with Crippen molar-refractivity contribution in [2.75, 3.05) is 0 Å². The number of nitrogens with zero attached hydrogens (tertiary/aromatic N) is 1. The standard InChI is InChI=1S/C12H20N2O/c1-9(2)15-12-6-4-5-11(14-12)8-7-10(3)13/h4-6,9-10H,7-8,13H2,1-3H3/t10-/m1/s1. The summed E-state index contributed by atoms with van der Waals surface area (Å²) in [6.07, 6.45) is 2.03. The number of hydrogen-bond donors (Lipinski definition) is 1. The van der Waals surface area contributed by atoms with Crippen molar-refractivity contribution in [3.8, 4) is 5.88 Å². The summed E-state index contributed by atoms with van der Waals surface area (Å²) in [7, 11) is 0. The van der Waals surface area contributed by atoms with Crippen molar-refractivity contribution in [1.82, 2.24) is 4.98 Å². The number of ether oxygens (including phenoxy) is 1. The first kappa shape index (κ1) is 12.0. The third kappa shape index (κ3) is 4.79. The number of nitrogens with two attached hydrogens (primary N) is 1. The molecule has 0 aromatic carbocycles. The van der Waals surface area contributed by atoms with Gasteiger partial charge < -0.3 is 10.5 Å². The highest BCUT2D eigenvalue weighted by Gasteiger charge is 2.02. The molecule has 0 aliphatic rings. The summed E-state index contributed by atoms with van der Waals surface area (Å²) in [4.78, 5) is 4.41. The number of pyridine rings is 1. The molecular weight excluding hydrogens is 188 g/mol. The Kier molecular flexibility index (Phi) is 4.56. The maximum Gasteiger partial charge on any atom is 0.213 e. The van der Waals surface area contributed by atoms with E-state index in [-0.39, 0.29) is 12.1 Å². The van der Waals surface area contributed by atoms with Gasteiger partial charge in [-0.2, -0.15) is 0 Å². The molecule has 0 unspecified atom stereocenters. The number of rotatable bonds is 5. The average molecular weight is 208 g/mol. The molecule has 15 heavy (non-hydrogen) atoms. The molecule has 1 aromatic heterocycles. The Morgan fingerprint density at radius 1 is 1.33 bits per heavy atom. The minimum atomic E-state index is 0.168. The molecule has 84 valence electrons. The zero-order valence-electron chi connectivity index (χ0n) is 9.73. The Morgan fingerprint density at radius 3 is 2.67 bits per heavy atom. The van der Waals surface area contributed by atoms with E-state index < -0.39 is 0 Å². The van der Waals surface area contributed by atoms with Crippen molar-refractivity contribution in [3.63, 3.8) is 0 Å². The van der Waals surface area contributed by atoms with E-state index in [1.807, 2.05) is 39.0 Å². The topological polar surface area (TPSA) is 48.1 Å². The monoisotopic (exact) mass is 208 g/mol. The summed E-state index contributed by atoms with van der Waals surface area (Å²) < 4.78 is 5.52. The van der Waals surface area contributed by atoms with Gasteiger partial charge in [-0.25, -0.2) is 4.98 Å². The maximum absolute atomic E-state index is 5.70. The summed E-state index contributed by atoms with van der Waals surface area (Å²) in [5.41, 5.74) is 6.75. The highest BCUT2D eigenvalue weighted by Crippen LogP contribution is 2.11. The van der Waals surface area contributed by atoms with Crippen LogP contribution in [-0.4, -0.2) is 17.1 Å². The fourth-order valence-corrected chi connectivity index (χ4v) is 1.28. The number of aromatic nitrogens is 1. The maximum atomic E-state index is 5.70. The van der Waals surface area contributed by atoms with Gasteiger partial charge in [-0.15, -0.1) is 0 Å². The number of aryl methyl sites for hydroxylation is 1. The predicted molar refractivity (Wildman–Crippen MR) is 62.0 cm³/mol. The fraction of sp³-hybridized carbons (Fsp3) is 0.583. The molecule has 0 aliphatic carbocycles. The van der Waals surface area contributed by atoms with Gasteiger partial charge in [0, 0.05) is 17.8 Å². The molecule has 3 nitrogen and oxygen atoms in total. The lowest BCUT2D eigenvalue weighted by molar-refractivity contribution is 0.232. The summed E-state index contributed by atoms with van der Waals surface area (Å²) >= 11 is 0. The SMILES string of the molecule is CC(C)Oc1cccc(CC[C@@H](C)N)n1. The molecule has 1 atom stereocenters. The van der Waals surface area contributed by atoms with Gasteiger partial charge in [0.2, 0.25) is 5.88 Å². The summed E-state index contributed by atoms with van der Waals surface area (Å²) in [6.45, 7) is 6.00. The van der Waals surface area contributed by atoms with Gasteiger partial charge >= 0.3 is 0 Å². The molecule has 0 fully saturated rings. The Labute approximate surface area is 91.7 Å². The largest absolute Gasteiger partial charge is 0.475 e. The van der Waals surface area contributed by atoms with Gasteiger partial charge in [0.1, 0.15) is 0 Å². The van der Waals surface area contributed by atoms with Crippen LogP contribution in [0.5, 0.6) is 5.88 Å². The first-order chi connectivity index (χ1) is 7.08. The molecule has 0 bridgehead atoms. The van der Waals surface area contributed by atoms with Crippen LogP contribution in [0.1, 0.15) is 32.9 Å². The highest BCUT2D eigenvalue weighted by atomic mass is 16.5. The van der Waals surface area contributed by atoms with E-state index in [9.17, 15) is 0 Å². The van der Waals surface area contributed by atoms with Crippen molar-refractivity contribution < 1.29 is 4.74 Å². The van der Waals surface area contributed by atoms with Gasteiger partial charge in [0.05, 0.1) is 6.10 Å². The molecule has 0 saturated heterocycles. The van der Waals surface area contributed by atoms with Crippen LogP contribution in [0.4, 0.5) is 0 Å². The zero-order valence-corrected chi connectivity index (χ0v) is 9.73. The van der Waals surface area contributed by atoms with Gasteiger partial charge in [-0.3, -0.25) is 0 Å². The van der Waals surface area contributed by atoms with E-state index in [0.717, 1.165) is 18.5 Å². The van der Waals surface area contributed by atoms with Crippen molar-refractivity contribution in [3.05, 3.63) is 23.9 Å². The third-order valence-electron chi connectivity index (χ3n) is 1.99. The molecule has 2 N–H and O–H groups in total. The second-order valence-electron chi connectivity index (χ2n) is 4.15. The smallest absolute Gasteiger partial charge is 0.213 e. The van der Waals surface area contributed by atoms with Crippen molar-refractivity contribution >= 4 is 0 Å². The first-order valence-electron chi connectivity index (χ1n) is 5.46. The van der Waals surface area contributed by atoms with E-state index in [1.54, 1.807) is 0 Å². The molecule has 0 aliphatic heterocycles. The Balaban J connectivity index is 2.57. The summed E-state index contributed by atoms with van der Waals surface area (Å²) in [6, 6.07) is 6.09. The minimum Gasteiger partial charge on any atom is -0.475 e. The molecule has 1 heterocycles. The van der Waals surface area contributed by atoms with Crippen LogP contribution in [0.2, 0.25) is 0 Å². The quantitative estimate of drug-likeness (QED) is 0.806. The van der Waals surface area contributed by atoms with Crippen LogP contribution in [0.25, 0.3) is 0 Å². The predicted octanol–water partition coefficient (Wildman–Crippen LogP) is 2.15. The molecule has 0 amide bonds. The van der Waals surface area contributed by atoms with Gasteiger partial charge in [0.15, 0.2) is 0 Å². The van der Waals surface area contributed by atoms with Crippen LogP contribution >= 0.6 is 0 Å². The second-order valence-corrected chi connectivity index (χ2v) is 4.15. The van der Waals surface area contributed by atoms with Gasteiger partial charge in [-0.05, 0) is 39.7 Å². The Hall–Kier alpha value is -1.09. The van der Waals surface area contributed by atoms with Crippen LogP contribution < -0.4 is 10.5 Å². The molecule has 0 spiro atoms. The molecule has 3 heteroatoms. The molecular formula is C12H20N2O. The number of hydrogen-bond acceptors (Lipinski definition) is 3. The third-order valence-corrected chi connectivity index (χ3v) is 1.99. The van der Waals surface area contributed by atoms with E-state index in [0.29, 0.717) is 5.88 Å². The average Bonchev–Trinajstić information content (AvgIpc) is 2.14. The Bertz CT molecular complexity index is 297. The van der Waals surface area contributed by atoms with E-state index in [2.05, 4.69) is 4.98 Å². The van der Waals surface area contributed by atoms with Crippen molar-refractivity contribution in [2.24, 2.45) is 5.73 Å². The summed E-state index contributed by atoms with van der Waals surface area (Å²) in [5, 5.41) is 0. The molecule has 0 saturated carbocycles. The molecule has 0 radical (unpaired) electrons. The highest BCUT2D eigenvalue weighted by molar-refractivity contribution is 5.16. The van der Waals surface area contributed by atoms with Gasteiger partial charge in [-0.1, -0.05) is 6.07 Å². The lowest BCUT2D eigenvalue weighted by Crippen LogP contribution is -2.15. The lowest BCUT2D eigenvalue weighted by Gasteiger charge is -2.10. The van der Waals surface area contributed by atoms with Crippen LogP contribution in [-0.2, 0) is 6.42 Å². The molecule has 1 aromatic rings. The lowest BCUT2D eigenvalue weighted by atomic mass is 10.1. The van der Waals surface area contributed by atoms with Crippen LogP contribution in [0.15, 0.2) is 18.2 Å². The van der Waals surface area contributed by atoms with Crippen LogP contribution in [0.3, 0.4) is 0 Å². The summed E-state index contributed by atoms with van der Waals surface area (Å²) in [5.74, 6) is 0.701. The Morgan fingerprint density at radius 2 is 2.07 bits per heavy atom. The normalized spacial score (nSPS) is 12.9. The van der Waals surface area contributed by atoms with Crippen molar-refractivity contribution in [2.45, 2.75) is 45.8 Å². The van der Waals surface area contributed by atoms with Crippen molar-refractivity contribution in [1.29, 1.82) is 0 Å². The van der Waals surface area contributed by atoms with E-state index >= 15 is 0 Å². The second kappa shape index (κ2) is 5.71. The minimum absolute atomic E-state index is 0.168. The van der Waals surface area contributed by atoms with Crippen LogP contribution in [0, 0.1) is 0 Å². The van der Waals surface area contributed by atoms with Gasteiger partial charge in [0.25, 0.3) is 0 Å².